The van der Waals surface area contributed by atoms with Gasteiger partial charge in [-0.05, 0) is 61.1 Å². The molecule has 2 unspecified atom stereocenters. The molecule has 2 atom stereocenters. The molecule has 0 spiro atoms. The third-order valence-electron chi connectivity index (χ3n) is 4.22. The lowest BCUT2D eigenvalue weighted by atomic mass is 10.0. The number of nitrogens with two attached hydrogens (primary N) is 1. The maximum atomic E-state index is 12.8. The van der Waals surface area contributed by atoms with Crippen LogP contribution in [0.3, 0.4) is 0 Å². The molecule has 6 nitrogen and oxygen atoms in total. The number of hydrogen-bond donors (Lipinski definition) is 2. The minimum absolute atomic E-state index is 0.0112. The summed E-state index contributed by atoms with van der Waals surface area (Å²) in [6.07, 6.45) is -2.38. The van der Waals surface area contributed by atoms with Crippen LogP contribution in [0.15, 0.2) is 42.5 Å². The molecule has 0 fully saturated rings. The van der Waals surface area contributed by atoms with Crippen LogP contribution >= 0.6 is 19.4 Å². The highest BCUT2D eigenvalue weighted by molar-refractivity contribution is 7.47. The smallest absolute Gasteiger partial charge is 0.457 e. The van der Waals surface area contributed by atoms with E-state index in [0.717, 1.165) is 24.1 Å². The zero-order valence-corrected chi connectivity index (χ0v) is 17.7. The van der Waals surface area contributed by atoms with Crippen LogP contribution in [0.4, 0.5) is 13.2 Å². The van der Waals surface area contributed by atoms with E-state index < -0.39 is 19.6 Å². The van der Waals surface area contributed by atoms with Gasteiger partial charge in [0.25, 0.3) is 0 Å². The lowest BCUT2D eigenvalue weighted by Crippen LogP contribution is -2.08. The summed E-state index contributed by atoms with van der Waals surface area (Å²) < 4.78 is 63.6. The van der Waals surface area contributed by atoms with Crippen molar-refractivity contribution in [3.05, 3.63) is 58.6 Å². The quantitative estimate of drug-likeness (QED) is 0.323. The van der Waals surface area contributed by atoms with Gasteiger partial charge in [0.15, 0.2) is 0 Å². The number of phosphoric ester groups is 1. The Hall–Kier alpha value is -1.61. The Kier molecular flexibility index (Phi) is 8.73. The van der Waals surface area contributed by atoms with Crippen molar-refractivity contribution >= 4 is 19.4 Å². The molecule has 0 aliphatic heterocycles. The van der Waals surface area contributed by atoms with Gasteiger partial charge >= 0.3 is 14.0 Å². The number of halogens is 4. The van der Waals surface area contributed by atoms with Crippen LogP contribution < -0.4 is 10.6 Å². The number of phosphoric acid groups is 1. The molecule has 0 radical (unpaired) electrons. The molecule has 30 heavy (non-hydrogen) atoms. The molecular formula is C19H22ClF3NO5P. The number of alkyl halides is 3. The van der Waals surface area contributed by atoms with Crippen molar-refractivity contribution in [1.82, 2.24) is 0 Å². The van der Waals surface area contributed by atoms with Crippen LogP contribution in [0.2, 0.25) is 5.02 Å². The van der Waals surface area contributed by atoms with E-state index in [9.17, 15) is 17.7 Å². The van der Waals surface area contributed by atoms with Crippen LogP contribution in [0.5, 0.6) is 11.5 Å². The van der Waals surface area contributed by atoms with Crippen molar-refractivity contribution in [2.45, 2.75) is 32.4 Å². The third kappa shape index (κ3) is 7.91. The first-order valence-corrected chi connectivity index (χ1v) is 10.9. The van der Waals surface area contributed by atoms with Gasteiger partial charge in [0, 0.05) is 5.02 Å². The van der Waals surface area contributed by atoms with E-state index >= 15 is 0 Å². The van der Waals surface area contributed by atoms with E-state index in [1.54, 1.807) is 18.2 Å². The van der Waals surface area contributed by atoms with Crippen molar-refractivity contribution < 1.29 is 36.5 Å². The zero-order valence-electron chi connectivity index (χ0n) is 16.1. The monoisotopic (exact) mass is 467 g/mol. The summed E-state index contributed by atoms with van der Waals surface area (Å²) in [5.74, 6) is 5.03. The van der Waals surface area contributed by atoms with E-state index in [0.29, 0.717) is 23.6 Å². The summed E-state index contributed by atoms with van der Waals surface area (Å²) in [6, 6.07) is 9.52. The number of rotatable bonds is 10. The van der Waals surface area contributed by atoms with Crippen molar-refractivity contribution in [2.75, 3.05) is 6.61 Å². The van der Waals surface area contributed by atoms with Gasteiger partial charge in [-0.3, -0.25) is 4.52 Å². The van der Waals surface area contributed by atoms with Crippen LogP contribution in [0.25, 0.3) is 0 Å². The fourth-order valence-corrected chi connectivity index (χ4v) is 3.41. The summed E-state index contributed by atoms with van der Waals surface area (Å²) in [7, 11) is -4.19. The van der Waals surface area contributed by atoms with Crippen LogP contribution in [-0.4, -0.2) is 11.5 Å². The fraction of sp³-hybridized carbons (Fsp3) is 0.368. The molecule has 2 aromatic rings. The fourth-order valence-electron chi connectivity index (χ4n) is 2.64. The summed E-state index contributed by atoms with van der Waals surface area (Å²) in [4.78, 5) is 9.10. The lowest BCUT2D eigenvalue weighted by molar-refractivity contribution is -0.137. The van der Waals surface area contributed by atoms with Crippen molar-refractivity contribution in [3.63, 3.8) is 0 Å². The first-order chi connectivity index (χ1) is 14.0. The highest BCUT2D eigenvalue weighted by Crippen LogP contribution is 2.41. The van der Waals surface area contributed by atoms with E-state index in [1.165, 1.54) is 12.1 Å². The normalized spacial score (nSPS) is 14.9. The Morgan fingerprint density at radius 2 is 1.90 bits per heavy atom. The van der Waals surface area contributed by atoms with Crippen LogP contribution in [-0.2, 0) is 26.3 Å². The molecule has 0 bridgehead atoms. The second kappa shape index (κ2) is 10.6. The predicted octanol–water partition coefficient (Wildman–Crippen LogP) is 6.12. The van der Waals surface area contributed by atoms with Gasteiger partial charge in [0.1, 0.15) is 11.5 Å². The standard InChI is InChI=1S/C19H22ClF3NO5P/c1-13(12-27-30(25,26)29-24)4-2-5-14-8-9-17(11-18(14)20)28-16-7-3-6-15(10-16)19(21,22)23/h3,6-11,13H,2,4-5,12,24H2,1H3,(H,25,26). The van der Waals surface area contributed by atoms with Crippen molar-refractivity contribution in [1.29, 1.82) is 0 Å². The van der Waals surface area contributed by atoms with E-state index in [1.807, 2.05) is 6.92 Å². The molecule has 0 saturated carbocycles. The Bertz CT molecular complexity index is 897. The third-order valence-corrected chi connectivity index (χ3v) is 5.31. The molecule has 0 aliphatic rings. The summed E-state index contributed by atoms with van der Waals surface area (Å²) in [5.41, 5.74) is 0.0516. The first kappa shape index (κ1) is 24.7. The van der Waals surface area contributed by atoms with Crippen molar-refractivity contribution in [3.8, 4) is 11.5 Å². The average Bonchev–Trinajstić information content (AvgIpc) is 2.68. The molecular weight excluding hydrogens is 446 g/mol. The summed E-state index contributed by atoms with van der Waals surface area (Å²) in [5, 5.41) is 0.430. The highest BCUT2D eigenvalue weighted by atomic mass is 35.5. The number of aryl methyl sites for hydroxylation is 1. The Balaban J connectivity index is 1.89. The van der Waals surface area contributed by atoms with Crippen LogP contribution in [0, 0.1) is 5.92 Å². The summed E-state index contributed by atoms with van der Waals surface area (Å²) in [6.45, 7) is 1.87. The number of hydrogen-bond acceptors (Lipinski definition) is 5. The van der Waals surface area contributed by atoms with E-state index in [2.05, 4.69) is 10.5 Å². The van der Waals surface area contributed by atoms with Gasteiger partial charge in [0.2, 0.25) is 0 Å². The van der Waals surface area contributed by atoms with Gasteiger partial charge in [0.05, 0.1) is 12.2 Å². The maximum absolute atomic E-state index is 12.8. The minimum Gasteiger partial charge on any atom is -0.457 e. The second-order valence-corrected chi connectivity index (χ2v) is 8.56. The van der Waals surface area contributed by atoms with Gasteiger partial charge in [-0.1, -0.05) is 30.7 Å². The molecule has 2 rings (SSSR count). The number of ether oxygens (including phenoxy) is 1. The van der Waals surface area contributed by atoms with E-state index in [4.69, 9.17) is 25.8 Å². The molecule has 0 aliphatic carbocycles. The Morgan fingerprint density at radius 1 is 1.20 bits per heavy atom. The van der Waals surface area contributed by atoms with E-state index in [-0.39, 0.29) is 18.3 Å². The zero-order chi connectivity index (χ0) is 22.4. The Morgan fingerprint density at radius 3 is 2.53 bits per heavy atom. The van der Waals surface area contributed by atoms with Gasteiger partial charge < -0.3 is 9.63 Å². The van der Waals surface area contributed by atoms with Gasteiger partial charge in [-0.2, -0.15) is 13.2 Å². The first-order valence-electron chi connectivity index (χ1n) is 8.99. The van der Waals surface area contributed by atoms with Gasteiger partial charge in [-0.15, -0.1) is 0 Å². The molecule has 166 valence electrons. The summed E-state index contributed by atoms with van der Waals surface area (Å²) >= 11 is 6.27. The topological polar surface area (TPSA) is 91.0 Å². The largest absolute Gasteiger partial charge is 0.488 e. The second-order valence-electron chi connectivity index (χ2n) is 6.75. The Labute approximate surface area is 177 Å². The molecule has 3 N–H and O–H groups in total. The SMILES string of the molecule is CC(CCCc1ccc(Oc2cccc(C(F)(F)F)c2)cc1Cl)COP(=O)(O)ON. The molecule has 0 saturated heterocycles. The molecule has 0 aromatic heterocycles. The molecule has 2 aromatic carbocycles. The molecule has 0 amide bonds. The lowest BCUT2D eigenvalue weighted by Gasteiger charge is -2.14. The van der Waals surface area contributed by atoms with Crippen molar-refractivity contribution in [2.24, 2.45) is 11.8 Å². The minimum atomic E-state index is -4.45. The average molecular weight is 468 g/mol. The molecule has 0 heterocycles. The maximum Gasteiger partial charge on any atom is 0.488 e. The molecule has 11 heteroatoms. The predicted molar refractivity (Wildman–Crippen MR) is 106 cm³/mol. The van der Waals surface area contributed by atoms with Gasteiger partial charge in [-0.25, -0.2) is 15.1 Å². The van der Waals surface area contributed by atoms with Crippen LogP contribution in [0.1, 0.15) is 30.9 Å². The number of benzene rings is 2. The highest BCUT2D eigenvalue weighted by Gasteiger charge is 2.30.